The first-order valence-corrected chi connectivity index (χ1v) is 8.44. The van der Waals surface area contributed by atoms with E-state index in [1.165, 1.54) is 0 Å². The van der Waals surface area contributed by atoms with Crippen molar-refractivity contribution in [2.45, 2.75) is 25.9 Å². The largest absolute Gasteiger partial charge is 0.481 e. The van der Waals surface area contributed by atoms with E-state index < -0.39 is 5.97 Å². The molecule has 0 fully saturated rings. The maximum Gasteiger partial charge on any atom is 0.303 e. The summed E-state index contributed by atoms with van der Waals surface area (Å²) in [6, 6.07) is 15.6. The van der Waals surface area contributed by atoms with Crippen molar-refractivity contribution < 1.29 is 14.7 Å². The average molecular weight is 349 g/mol. The SMILES string of the molecule is C=Cc1ccc(CN(Cc2ccc(C=C)cc2)C(=O)CCC(=O)O)cc1. The van der Waals surface area contributed by atoms with Gasteiger partial charge in [-0.05, 0) is 22.3 Å². The van der Waals surface area contributed by atoms with Gasteiger partial charge in [-0.25, -0.2) is 0 Å². The Bertz CT molecular complexity index is 723. The van der Waals surface area contributed by atoms with Crippen LogP contribution in [0.5, 0.6) is 0 Å². The number of aliphatic carboxylic acids is 1. The number of hydrogen-bond donors (Lipinski definition) is 1. The summed E-state index contributed by atoms with van der Waals surface area (Å²) < 4.78 is 0. The number of carboxylic acid groups (broad SMARTS) is 1. The van der Waals surface area contributed by atoms with Crippen LogP contribution in [0.15, 0.2) is 61.7 Å². The molecule has 0 radical (unpaired) electrons. The molecule has 26 heavy (non-hydrogen) atoms. The topological polar surface area (TPSA) is 57.6 Å². The number of carbonyl (C=O) groups is 2. The average Bonchev–Trinajstić information content (AvgIpc) is 2.66. The quantitative estimate of drug-likeness (QED) is 0.731. The minimum Gasteiger partial charge on any atom is -0.481 e. The number of rotatable bonds is 9. The molecule has 1 N–H and O–H groups in total. The second kappa shape index (κ2) is 9.37. The molecule has 0 aromatic heterocycles. The Morgan fingerprint density at radius 2 is 1.23 bits per heavy atom. The lowest BCUT2D eigenvalue weighted by atomic mass is 10.1. The molecule has 0 aliphatic rings. The number of amides is 1. The fourth-order valence-electron chi connectivity index (χ4n) is 2.56. The lowest BCUT2D eigenvalue weighted by Gasteiger charge is -2.23. The molecule has 0 spiro atoms. The number of hydrogen-bond acceptors (Lipinski definition) is 2. The van der Waals surface area contributed by atoms with Gasteiger partial charge in [0.1, 0.15) is 0 Å². The lowest BCUT2D eigenvalue weighted by molar-refractivity contribution is -0.141. The van der Waals surface area contributed by atoms with E-state index in [9.17, 15) is 9.59 Å². The second-order valence-corrected chi connectivity index (χ2v) is 6.03. The number of nitrogens with zero attached hydrogens (tertiary/aromatic N) is 1. The van der Waals surface area contributed by atoms with Gasteiger partial charge in [0.2, 0.25) is 5.91 Å². The lowest BCUT2D eigenvalue weighted by Crippen LogP contribution is -2.30. The molecule has 0 aliphatic carbocycles. The van der Waals surface area contributed by atoms with Crippen LogP contribution in [0.1, 0.15) is 35.1 Å². The van der Waals surface area contributed by atoms with Gasteiger partial charge in [-0.2, -0.15) is 0 Å². The van der Waals surface area contributed by atoms with Crippen LogP contribution in [-0.4, -0.2) is 21.9 Å². The highest BCUT2D eigenvalue weighted by atomic mass is 16.4. The minimum absolute atomic E-state index is 0.00911. The van der Waals surface area contributed by atoms with Crippen molar-refractivity contribution >= 4 is 24.0 Å². The summed E-state index contributed by atoms with van der Waals surface area (Å²) in [7, 11) is 0. The third kappa shape index (κ3) is 5.74. The second-order valence-electron chi connectivity index (χ2n) is 6.03. The molecular formula is C22H23NO3. The van der Waals surface area contributed by atoms with E-state index >= 15 is 0 Å². The van der Waals surface area contributed by atoms with Gasteiger partial charge < -0.3 is 10.0 Å². The zero-order valence-electron chi connectivity index (χ0n) is 14.7. The van der Waals surface area contributed by atoms with Gasteiger partial charge in [0.15, 0.2) is 0 Å². The molecule has 1 amide bonds. The van der Waals surface area contributed by atoms with Crippen molar-refractivity contribution in [1.29, 1.82) is 0 Å². The fourth-order valence-corrected chi connectivity index (χ4v) is 2.56. The van der Waals surface area contributed by atoms with Gasteiger partial charge in [-0.1, -0.05) is 73.8 Å². The predicted molar refractivity (Wildman–Crippen MR) is 104 cm³/mol. The summed E-state index contributed by atoms with van der Waals surface area (Å²) in [6.45, 7) is 8.33. The third-order valence-corrected chi connectivity index (χ3v) is 4.08. The van der Waals surface area contributed by atoms with Crippen LogP contribution in [0, 0.1) is 0 Å². The molecule has 2 rings (SSSR count). The summed E-state index contributed by atoms with van der Waals surface area (Å²) in [5.41, 5.74) is 4.00. The molecule has 0 heterocycles. The van der Waals surface area contributed by atoms with Crippen LogP contribution in [-0.2, 0) is 22.7 Å². The maximum atomic E-state index is 12.5. The van der Waals surface area contributed by atoms with Gasteiger partial charge in [-0.15, -0.1) is 0 Å². The summed E-state index contributed by atoms with van der Waals surface area (Å²) in [6.07, 6.45) is 3.35. The third-order valence-electron chi connectivity index (χ3n) is 4.08. The fraction of sp³-hybridized carbons (Fsp3) is 0.182. The summed E-state index contributed by atoms with van der Waals surface area (Å²) in [4.78, 5) is 25.0. The van der Waals surface area contributed by atoms with E-state index in [4.69, 9.17) is 5.11 Å². The van der Waals surface area contributed by atoms with E-state index in [1.807, 2.05) is 48.5 Å². The van der Waals surface area contributed by atoms with E-state index in [1.54, 1.807) is 17.1 Å². The molecule has 0 saturated carbocycles. The monoisotopic (exact) mass is 349 g/mol. The number of carboxylic acids is 1. The Kier molecular flexibility index (Phi) is 6.92. The summed E-state index contributed by atoms with van der Waals surface area (Å²) in [5, 5.41) is 8.85. The minimum atomic E-state index is -0.969. The Hall–Kier alpha value is -3.14. The highest BCUT2D eigenvalue weighted by Gasteiger charge is 2.16. The van der Waals surface area contributed by atoms with Crippen LogP contribution in [0.4, 0.5) is 0 Å². The molecule has 0 bridgehead atoms. The molecule has 134 valence electrons. The van der Waals surface area contributed by atoms with E-state index in [2.05, 4.69) is 13.2 Å². The van der Waals surface area contributed by atoms with Crippen LogP contribution >= 0.6 is 0 Å². The first-order chi connectivity index (χ1) is 12.5. The molecule has 4 heteroatoms. The van der Waals surface area contributed by atoms with Crippen molar-refractivity contribution in [2.24, 2.45) is 0 Å². The summed E-state index contributed by atoms with van der Waals surface area (Å²) >= 11 is 0. The van der Waals surface area contributed by atoms with Crippen LogP contribution in [0.2, 0.25) is 0 Å². The zero-order chi connectivity index (χ0) is 18.9. The zero-order valence-corrected chi connectivity index (χ0v) is 14.7. The van der Waals surface area contributed by atoms with E-state index in [0.29, 0.717) is 13.1 Å². The smallest absolute Gasteiger partial charge is 0.303 e. The van der Waals surface area contributed by atoms with E-state index in [0.717, 1.165) is 22.3 Å². The van der Waals surface area contributed by atoms with Gasteiger partial charge in [-0.3, -0.25) is 9.59 Å². The Balaban J connectivity index is 2.15. The van der Waals surface area contributed by atoms with Crippen LogP contribution < -0.4 is 0 Å². The standard InChI is InChI=1S/C22H23NO3/c1-3-17-5-9-19(10-6-17)15-23(21(24)13-14-22(25)26)16-20-11-7-18(4-2)8-12-20/h3-12H,1-2,13-16H2,(H,25,26). The first-order valence-electron chi connectivity index (χ1n) is 8.44. The maximum absolute atomic E-state index is 12.5. The van der Waals surface area contributed by atoms with Gasteiger partial charge in [0.25, 0.3) is 0 Å². The highest BCUT2D eigenvalue weighted by Crippen LogP contribution is 2.15. The van der Waals surface area contributed by atoms with Gasteiger partial charge in [0.05, 0.1) is 6.42 Å². The van der Waals surface area contributed by atoms with Gasteiger partial charge in [0, 0.05) is 19.5 Å². The molecule has 0 aliphatic heterocycles. The van der Waals surface area contributed by atoms with E-state index in [-0.39, 0.29) is 18.7 Å². The normalized spacial score (nSPS) is 10.2. The van der Waals surface area contributed by atoms with Crippen molar-refractivity contribution in [3.8, 4) is 0 Å². The molecule has 0 atom stereocenters. The predicted octanol–water partition coefficient (Wildman–Crippen LogP) is 4.37. The Labute approximate surface area is 154 Å². The molecule has 2 aromatic rings. The molecule has 0 unspecified atom stereocenters. The molecule has 4 nitrogen and oxygen atoms in total. The first kappa shape index (κ1) is 19.2. The molecular weight excluding hydrogens is 326 g/mol. The van der Waals surface area contributed by atoms with Crippen LogP contribution in [0.25, 0.3) is 12.2 Å². The summed E-state index contributed by atoms with van der Waals surface area (Å²) in [5.74, 6) is -1.14. The van der Waals surface area contributed by atoms with Crippen molar-refractivity contribution in [2.75, 3.05) is 0 Å². The van der Waals surface area contributed by atoms with Crippen molar-refractivity contribution in [3.05, 3.63) is 83.9 Å². The van der Waals surface area contributed by atoms with Crippen molar-refractivity contribution in [1.82, 2.24) is 4.90 Å². The molecule has 0 saturated heterocycles. The molecule has 2 aromatic carbocycles. The Morgan fingerprint density at radius 3 is 1.58 bits per heavy atom. The van der Waals surface area contributed by atoms with Gasteiger partial charge >= 0.3 is 5.97 Å². The highest BCUT2D eigenvalue weighted by molar-refractivity contribution is 5.80. The Morgan fingerprint density at radius 1 is 0.808 bits per heavy atom. The van der Waals surface area contributed by atoms with Crippen molar-refractivity contribution in [3.63, 3.8) is 0 Å². The number of carbonyl (C=O) groups excluding carboxylic acids is 1. The van der Waals surface area contributed by atoms with Crippen LogP contribution in [0.3, 0.4) is 0 Å². The number of benzene rings is 2.